The number of aromatic nitrogens is 1. The minimum absolute atomic E-state index is 0.465. The van der Waals surface area contributed by atoms with Gasteiger partial charge in [0.15, 0.2) is 5.84 Å². The lowest BCUT2D eigenvalue weighted by molar-refractivity contribution is 0.674. The molecule has 0 spiro atoms. The van der Waals surface area contributed by atoms with E-state index in [9.17, 15) is 0 Å². The van der Waals surface area contributed by atoms with Crippen LogP contribution in [0.15, 0.2) is 289 Å². The lowest BCUT2D eigenvalue weighted by Crippen LogP contribution is -2.33. The standard InChI is InChI=1S/C66H48N4/c1-7-21-49(22-8-1)60(50-23-9-2-10-24-50)62(53-29-15-5-16-30-53)56-33-19-35-58(45-56)65-68-64(55-39-37-47(38-40-55)48-41-43-67-44-42-48)69-66(70-65)59-36-20-34-57(46-59)63(54-31-17-6-18-32-54)61(51-25-11-3-12-26-51)52-27-13-4-14-28-52/h1-46,65H,(H,68,69,70). The van der Waals surface area contributed by atoms with Crippen molar-refractivity contribution < 1.29 is 0 Å². The lowest BCUT2D eigenvalue weighted by Gasteiger charge is -2.25. The molecule has 70 heavy (non-hydrogen) atoms. The van der Waals surface area contributed by atoms with Gasteiger partial charge >= 0.3 is 0 Å². The Morgan fingerprint density at radius 2 is 0.657 bits per heavy atom. The molecular weight excluding hydrogens is 849 g/mol. The van der Waals surface area contributed by atoms with E-state index in [1.54, 1.807) is 0 Å². The van der Waals surface area contributed by atoms with E-state index < -0.39 is 6.17 Å². The maximum atomic E-state index is 5.51. The molecule has 0 saturated carbocycles. The molecule has 1 aliphatic heterocycles. The zero-order valence-electron chi connectivity index (χ0n) is 38.5. The molecule has 0 saturated heterocycles. The Balaban J connectivity index is 1.09. The monoisotopic (exact) mass is 896 g/mol. The fourth-order valence-electron chi connectivity index (χ4n) is 9.39. The largest absolute Gasteiger partial charge is 0.344 e. The van der Waals surface area contributed by atoms with Crippen molar-refractivity contribution in [2.24, 2.45) is 9.98 Å². The number of amidine groups is 2. The maximum absolute atomic E-state index is 5.51. The van der Waals surface area contributed by atoms with Crippen molar-refractivity contribution in [3.8, 4) is 11.1 Å². The number of hydrogen-bond acceptors (Lipinski definition) is 4. The van der Waals surface area contributed by atoms with E-state index in [2.05, 4.69) is 265 Å². The van der Waals surface area contributed by atoms with Gasteiger partial charge in [0, 0.05) is 23.5 Å². The van der Waals surface area contributed by atoms with Crippen molar-refractivity contribution in [3.63, 3.8) is 0 Å². The Hall–Kier alpha value is -9.25. The molecule has 0 aliphatic carbocycles. The van der Waals surface area contributed by atoms with Crippen molar-refractivity contribution in [2.75, 3.05) is 0 Å². The topological polar surface area (TPSA) is 49.6 Å². The summed E-state index contributed by atoms with van der Waals surface area (Å²) in [6.07, 6.45) is 3.19. The molecule has 1 N–H and O–H groups in total. The minimum Gasteiger partial charge on any atom is -0.344 e. The fourth-order valence-corrected chi connectivity index (χ4v) is 9.39. The van der Waals surface area contributed by atoms with E-state index in [-0.39, 0.29) is 0 Å². The van der Waals surface area contributed by atoms with Crippen LogP contribution in [0.25, 0.3) is 33.4 Å². The van der Waals surface area contributed by atoms with E-state index in [0.717, 1.165) is 100 Å². The zero-order chi connectivity index (χ0) is 46.9. The van der Waals surface area contributed by atoms with Crippen molar-refractivity contribution >= 4 is 34.0 Å². The summed E-state index contributed by atoms with van der Waals surface area (Å²) in [6.45, 7) is 0. The quantitative estimate of drug-likeness (QED) is 0.124. The second kappa shape index (κ2) is 20.3. The first kappa shape index (κ1) is 43.3. The summed E-state index contributed by atoms with van der Waals surface area (Å²) in [5.41, 5.74) is 18.6. The first-order valence-corrected chi connectivity index (χ1v) is 23.7. The summed E-state index contributed by atoms with van der Waals surface area (Å²) >= 11 is 0. The second-order valence-corrected chi connectivity index (χ2v) is 17.2. The first-order chi connectivity index (χ1) is 34.7. The SMILES string of the molecule is c1ccc(C(=C(c2ccccc2)c2cccc(C3=NC(c4cccc(C(=C(c5ccccc5)c5ccccc5)c5ccccc5)c4)NC(c4ccc(-c5ccncc5)cc4)=N3)c2)c2ccccc2)cc1. The summed E-state index contributed by atoms with van der Waals surface area (Å²) in [5.74, 6) is 1.39. The van der Waals surface area contributed by atoms with Gasteiger partial charge in [0.1, 0.15) is 12.0 Å². The third-order valence-electron chi connectivity index (χ3n) is 12.7. The van der Waals surface area contributed by atoms with Gasteiger partial charge in [-0.3, -0.25) is 4.98 Å². The molecule has 1 atom stereocenters. The molecule has 4 heteroatoms. The number of benzene rings is 9. The molecule has 0 fully saturated rings. The second-order valence-electron chi connectivity index (χ2n) is 17.2. The van der Waals surface area contributed by atoms with Gasteiger partial charge in [-0.15, -0.1) is 0 Å². The van der Waals surface area contributed by atoms with E-state index in [4.69, 9.17) is 9.98 Å². The molecule has 2 heterocycles. The predicted molar refractivity (Wildman–Crippen MR) is 290 cm³/mol. The number of nitrogens with one attached hydrogen (secondary N) is 1. The summed E-state index contributed by atoms with van der Waals surface area (Å²) in [6, 6.07) is 94.4. The van der Waals surface area contributed by atoms with Crippen LogP contribution in [-0.4, -0.2) is 16.7 Å². The molecule has 4 nitrogen and oxygen atoms in total. The maximum Gasteiger partial charge on any atom is 0.159 e. The van der Waals surface area contributed by atoms with Gasteiger partial charge in [0.05, 0.1) is 0 Å². The Morgan fingerprint density at radius 3 is 1.10 bits per heavy atom. The molecule has 1 unspecified atom stereocenters. The van der Waals surface area contributed by atoms with Gasteiger partial charge in [0.25, 0.3) is 0 Å². The van der Waals surface area contributed by atoms with Gasteiger partial charge in [-0.05, 0) is 108 Å². The van der Waals surface area contributed by atoms with Crippen molar-refractivity contribution in [1.29, 1.82) is 0 Å². The Labute approximate surface area is 410 Å². The third kappa shape index (κ3) is 9.35. The molecule has 1 aromatic heterocycles. The van der Waals surface area contributed by atoms with E-state index >= 15 is 0 Å². The van der Waals surface area contributed by atoms with Crippen LogP contribution in [0.3, 0.4) is 0 Å². The highest BCUT2D eigenvalue weighted by Gasteiger charge is 2.24. The minimum atomic E-state index is -0.465. The van der Waals surface area contributed by atoms with Crippen molar-refractivity contribution in [2.45, 2.75) is 6.17 Å². The highest BCUT2D eigenvalue weighted by Crippen LogP contribution is 2.40. The van der Waals surface area contributed by atoms with Crippen LogP contribution in [0, 0.1) is 0 Å². The zero-order valence-corrected chi connectivity index (χ0v) is 38.5. The predicted octanol–water partition coefficient (Wildman–Crippen LogP) is 15.3. The number of aliphatic imine (C=N–C) groups is 2. The summed E-state index contributed by atoms with van der Waals surface area (Å²) < 4.78 is 0. The van der Waals surface area contributed by atoms with Crippen LogP contribution >= 0.6 is 0 Å². The van der Waals surface area contributed by atoms with Crippen molar-refractivity contribution in [3.05, 3.63) is 341 Å². The van der Waals surface area contributed by atoms with Crippen LogP contribution < -0.4 is 5.32 Å². The normalized spacial score (nSPS) is 13.0. The van der Waals surface area contributed by atoms with E-state index in [1.807, 2.05) is 24.5 Å². The Kier molecular flexibility index (Phi) is 12.6. The molecule has 9 aromatic carbocycles. The van der Waals surface area contributed by atoms with Crippen LogP contribution in [0.2, 0.25) is 0 Å². The summed E-state index contributed by atoms with van der Waals surface area (Å²) in [5, 5.41) is 3.80. The Bertz CT molecular complexity index is 3410. The van der Waals surface area contributed by atoms with Gasteiger partial charge < -0.3 is 5.32 Å². The van der Waals surface area contributed by atoms with E-state index in [0.29, 0.717) is 5.84 Å². The van der Waals surface area contributed by atoms with Crippen molar-refractivity contribution in [1.82, 2.24) is 10.3 Å². The highest BCUT2D eigenvalue weighted by atomic mass is 15.2. The van der Waals surface area contributed by atoms with Gasteiger partial charge in [-0.2, -0.15) is 0 Å². The number of nitrogens with zero attached hydrogens (tertiary/aromatic N) is 3. The van der Waals surface area contributed by atoms with E-state index in [1.165, 1.54) is 0 Å². The van der Waals surface area contributed by atoms with Gasteiger partial charge in [-0.1, -0.05) is 243 Å². The lowest BCUT2D eigenvalue weighted by atomic mass is 9.85. The number of rotatable bonds is 12. The molecular formula is C66H48N4. The van der Waals surface area contributed by atoms with Gasteiger partial charge in [0.2, 0.25) is 0 Å². The summed E-state index contributed by atoms with van der Waals surface area (Å²) in [7, 11) is 0. The van der Waals surface area contributed by atoms with Crippen LogP contribution in [-0.2, 0) is 0 Å². The smallest absolute Gasteiger partial charge is 0.159 e. The number of pyridine rings is 1. The van der Waals surface area contributed by atoms with Crippen LogP contribution in [0.4, 0.5) is 0 Å². The molecule has 0 amide bonds. The fraction of sp³-hybridized carbons (Fsp3) is 0.0152. The molecule has 0 bridgehead atoms. The molecule has 332 valence electrons. The molecule has 1 aliphatic rings. The highest BCUT2D eigenvalue weighted by molar-refractivity contribution is 6.14. The Morgan fingerprint density at radius 1 is 0.300 bits per heavy atom. The molecule has 10 aromatic rings. The molecule has 11 rings (SSSR count). The number of hydrogen-bond donors (Lipinski definition) is 1. The molecule has 0 radical (unpaired) electrons. The summed E-state index contributed by atoms with van der Waals surface area (Å²) in [4.78, 5) is 15.1. The van der Waals surface area contributed by atoms with Crippen LogP contribution in [0.1, 0.15) is 67.4 Å². The van der Waals surface area contributed by atoms with Gasteiger partial charge in [-0.25, -0.2) is 9.98 Å². The first-order valence-electron chi connectivity index (χ1n) is 23.7. The third-order valence-corrected chi connectivity index (χ3v) is 12.7. The average molecular weight is 897 g/mol. The van der Waals surface area contributed by atoms with Crippen LogP contribution in [0.5, 0.6) is 0 Å². The average Bonchev–Trinajstić information content (AvgIpc) is 3.45.